The maximum Gasteiger partial charge on any atom is 0.0374 e. The molecule has 0 fully saturated rings. The summed E-state index contributed by atoms with van der Waals surface area (Å²) in [4.78, 5) is 0. The first-order valence-corrected chi connectivity index (χ1v) is 4.80. The van der Waals surface area contributed by atoms with Crippen LogP contribution in [0.4, 0.5) is 5.69 Å². The molecule has 1 aromatic carbocycles. The molecule has 1 unspecified atom stereocenters. The second-order valence-electron chi connectivity index (χ2n) is 3.73. The molecule has 13 heavy (non-hydrogen) atoms. The molecule has 0 aliphatic carbocycles. The van der Waals surface area contributed by atoms with Gasteiger partial charge in [-0.2, -0.15) is 0 Å². The van der Waals surface area contributed by atoms with Gasteiger partial charge in [0.05, 0.1) is 0 Å². The van der Waals surface area contributed by atoms with E-state index >= 15 is 0 Å². The Kier molecular flexibility index (Phi) is 2.23. The molecule has 1 aromatic rings. The largest absolute Gasteiger partial charge is 0.383 e. The van der Waals surface area contributed by atoms with Gasteiger partial charge in [-0.3, -0.25) is 0 Å². The lowest BCUT2D eigenvalue weighted by atomic mass is 9.98. The van der Waals surface area contributed by atoms with Crippen molar-refractivity contribution in [3.05, 3.63) is 29.3 Å². The third kappa shape index (κ3) is 1.68. The van der Waals surface area contributed by atoms with Gasteiger partial charge >= 0.3 is 0 Å². The summed E-state index contributed by atoms with van der Waals surface area (Å²) in [6.45, 7) is 3.18. The Morgan fingerprint density at radius 3 is 3.08 bits per heavy atom. The van der Waals surface area contributed by atoms with E-state index in [2.05, 4.69) is 35.8 Å². The Morgan fingerprint density at radius 1 is 1.46 bits per heavy atom. The fourth-order valence-electron chi connectivity index (χ4n) is 1.84. The van der Waals surface area contributed by atoms with Crippen LogP contribution < -0.4 is 10.6 Å². The molecule has 0 spiro atoms. The van der Waals surface area contributed by atoms with Crippen molar-refractivity contribution in [3.63, 3.8) is 0 Å². The third-order valence-electron chi connectivity index (χ3n) is 2.67. The zero-order valence-electron chi connectivity index (χ0n) is 8.22. The number of rotatable bonds is 1. The summed E-state index contributed by atoms with van der Waals surface area (Å²) < 4.78 is 0. The van der Waals surface area contributed by atoms with E-state index in [4.69, 9.17) is 0 Å². The molecular formula is C11H16N2. The summed E-state index contributed by atoms with van der Waals surface area (Å²) in [5, 5.41) is 6.73. The molecule has 70 valence electrons. The van der Waals surface area contributed by atoms with Gasteiger partial charge in [0.25, 0.3) is 0 Å². The molecule has 0 radical (unpaired) electrons. The number of hydrogen-bond donors (Lipinski definition) is 2. The SMILES string of the molecule is CNC1CNc2ccc(C)cc2C1. The molecule has 0 amide bonds. The predicted molar refractivity (Wildman–Crippen MR) is 56.2 cm³/mol. The van der Waals surface area contributed by atoms with E-state index in [0.29, 0.717) is 6.04 Å². The van der Waals surface area contributed by atoms with Gasteiger partial charge in [0, 0.05) is 18.3 Å². The summed E-state index contributed by atoms with van der Waals surface area (Å²) in [5.74, 6) is 0. The van der Waals surface area contributed by atoms with Crippen LogP contribution in [0.3, 0.4) is 0 Å². The highest BCUT2D eigenvalue weighted by molar-refractivity contribution is 5.55. The maximum absolute atomic E-state index is 3.43. The van der Waals surface area contributed by atoms with E-state index in [1.165, 1.54) is 16.8 Å². The zero-order chi connectivity index (χ0) is 9.26. The summed E-state index contributed by atoms with van der Waals surface area (Å²) in [6.07, 6.45) is 1.14. The minimum atomic E-state index is 0.578. The molecule has 2 N–H and O–H groups in total. The van der Waals surface area contributed by atoms with Gasteiger partial charge in [-0.1, -0.05) is 17.7 Å². The van der Waals surface area contributed by atoms with Gasteiger partial charge in [0.2, 0.25) is 0 Å². The summed E-state index contributed by atoms with van der Waals surface area (Å²) in [5.41, 5.74) is 4.08. The third-order valence-corrected chi connectivity index (χ3v) is 2.67. The molecule has 2 heteroatoms. The van der Waals surface area contributed by atoms with E-state index < -0.39 is 0 Å². The molecule has 2 rings (SSSR count). The summed E-state index contributed by atoms with van der Waals surface area (Å²) in [6, 6.07) is 7.18. The van der Waals surface area contributed by atoms with Gasteiger partial charge in [-0.25, -0.2) is 0 Å². The van der Waals surface area contributed by atoms with Crippen molar-refractivity contribution in [3.8, 4) is 0 Å². The Balaban J connectivity index is 2.27. The van der Waals surface area contributed by atoms with E-state index in [9.17, 15) is 0 Å². The number of likely N-dealkylation sites (N-methyl/N-ethyl adjacent to an activating group) is 1. The van der Waals surface area contributed by atoms with Crippen LogP contribution in [0.1, 0.15) is 11.1 Å². The van der Waals surface area contributed by atoms with Gasteiger partial charge < -0.3 is 10.6 Å². The Morgan fingerprint density at radius 2 is 2.31 bits per heavy atom. The number of hydrogen-bond acceptors (Lipinski definition) is 2. The Hall–Kier alpha value is -1.02. The predicted octanol–water partition coefficient (Wildman–Crippen LogP) is 1.55. The van der Waals surface area contributed by atoms with Crippen molar-refractivity contribution in [2.75, 3.05) is 18.9 Å². The van der Waals surface area contributed by atoms with Gasteiger partial charge in [0.1, 0.15) is 0 Å². The molecule has 1 atom stereocenters. The van der Waals surface area contributed by atoms with E-state index in [-0.39, 0.29) is 0 Å². The molecule has 0 saturated heterocycles. The number of nitrogens with one attached hydrogen (secondary N) is 2. The van der Waals surface area contributed by atoms with Crippen molar-refractivity contribution in [2.24, 2.45) is 0 Å². The van der Waals surface area contributed by atoms with Crippen molar-refractivity contribution >= 4 is 5.69 Å². The van der Waals surface area contributed by atoms with Gasteiger partial charge in [-0.05, 0) is 32.0 Å². The van der Waals surface area contributed by atoms with Crippen LogP contribution in [0.2, 0.25) is 0 Å². The maximum atomic E-state index is 3.43. The topological polar surface area (TPSA) is 24.1 Å². The minimum absolute atomic E-state index is 0.578. The Labute approximate surface area is 79.4 Å². The number of fused-ring (bicyclic) bond motifs is 1. The van der Waals surface area contributed by atoms with Crippen LogP contribution in [0.15, 0.2) is 18.2 Å². The van der Waals surface area contributed by atoms with Gasteiger partial charge in [-0.15, -0.1) is 0 Å². The van der Waals surface area contributed by atoms with Crippen molar-refractivity contribution in [2.45, 2.75) is 19.4 Å². The van der Waals surface area contributed by atoms with Crippen molar-refractivity contribution in [1.29, 1.82) is 0 Å². The molecule has 0 aromatic heterocycles. The molecule has 1 aliphatic heterocycles. The average Bonchev–Trinajstić information content (AvgIpc) is 2.16. The van der Waals surface area contributed by atoms with Crippen LogP contribution in [-0.4, -0.2) is 19.6 Å². The van der Waals surface area contributed by atoms with Crippen LogP contribution in [0.5, 0.6) is 0 Å². The lowest BCUT2D eigenvalue weighted by Gasteiger charge is -2.26. The fraction of sp³-hybridized carbons (Fsp3) is 0.455. The highest BCUT2D eigenvalue weighted by atomic mass is 15.0. The van der Waals surface area contributed by atoms with E-state index in [1.54, 1.807) is 0 Å². The number of anilines is 1. The number of benzene rings is 1. The van der Waals surface area contributed by atoms with Crippen LogP contribution in [0.25, 0.3) is 0 Å². The van der Waals surface area contributed by atoms with Crippen molar-refractivity contribution < 1.29 is 0 Å². The van der Waals surface area contributed by atoms with E-state index in [0.717, 1.165) is 13.0 Å². The zero-order valence-corrected chi connectivity index (χ0v) is 8.22. The smallest absolute Gasteiger partial charge is 0.0374 e. The van der Waals surface area contributed by atoms with Crippen LogP contribution in [-0.2, 0) is 6.42 Å². The number of aryl methyl sites for hydroxylation is 1. The lowest BCUT2D eigenvalue weighted by molar-refractivity contribution is 0.570. The first-order valence-electron chi connectivity index (χ1n) is 4.80. The molecular weight excluding hydrogens is 160 g/mol. The summed E-state index contributed by atoms with van der Waals surface area (Å²) in [7, 11) is 2.02. The lowest BCUT2D eigenvalue weighted by Crippen LogP contribution is -2.38. The fourth-order valence-corrected chi connectivity index (χ4v) is 1.84. The first kappa shape index (κ1) is 8.57. The highest BCUT2D eigenvalue weighted by Gasteiger charge is 2.15. The average molecular weight is 176 g/mol. The molecule has 2 nitrogen and oxygen atoms in total. The standard InChI is InChI=1S/C11H16N2/c1-8-3-4-11-9(5-8)6-10(12-2)7-13-11/h3-5,10,12-13H,6-7H2,1-2H3. The van der Waals surface area contributed by atoms with Crippen molar-refractivity contribution in [1.82, 2.24) is 5.32 Å². The quantitative estimate of drug-likeness (QED) is 0.678. The van der Waals surface area contributed by atoms with Gasteiger partial charge in [0.15, 0.2) is 0 Å². The second-order valence-corrected chi connectivity index (χ2v) is 3.73. The van der Waals surface area contributed by atoms with Crippen LogP contribution >= 0.6 is 0 Å². The highest BCUT2D eigenvalue weighted by Crippen LogP contribution is 2.22. The van der Waals surface area contributed by atoms with Crippen LogP contribution in [0, 0.1) is 6.92 Å². The molecule has 1 aliphatic rings. The molecule has 0 saturated carbocycles. The Bertz CT molecular complexity index is 307. The summed E-state index contributed by atoms with van der Waals surface area (Å²) >= 11 is 0. The second kappa shape index (κ2) is 3.38. The minimum Gasteiger partial charge on any atom is -0.383 e. The molecule has 0 bridgehead atoms. The van der Waals surface area contributed by atoms with E-state index in [1.807, 2.05) is 7.05 Å². The molecule has 1 heterocycles. The monoisotopic (exact) mass is 176 g/mol. The normalized spacial score (nSPS) is 20.6. The first-order chi connectivity index (χ1) is 6.29.